The van der Waals surface area contributed by atoms with E-state index in [0.717, 1.165) is 25.2 Å². The van der Waals surface area contributed by atoms with E-state index in [1.807, 2.05) is 24.4 Å². The van der Waals surface area contributed by atoms with Gasteiger partial charge in [0.1, 0.15) is 5.82 Å². The largest absolute Gasteiger partial charge is 0.299 e. The molecule has 1 aromatic heterocycles. The van der Waals surface area contributed by atoms with Gasteiger partial charge in [-0.3, -0.25) is 14.8 Å². The molecule has 0 saturated carbocycles. The van der Waals surface area contributed by atoms with Crippen molar-refractivity contribution in [2.45, 2.75) is 38.9 Å². The molecule has 1 fully saturated rings. The number of likely N-dealkylation sites (N-methyl/N-ethyl adjacent to an activating group) is 1. The number of nitrogens with zero attached hydrogens (tertiary/aromatic N) is 3. The van der Waals surface area contributed by atoms with Gasteiger partial charge in [-0.2, -0.15) is 0 Å². The SMILES string of the molecule is CCN1CCC[C@@H]1CN(Cc1cccnc1)Cc1ccccc1F. The summed E-state index contributed by atoms with van der Waals surface area (Å²) in [4.78, 5) is 9.11. The molecule has 2 heterocycles. The van der Waals surface area contributed by atoms with Crippen molar-refractivity contribution < 1.29 is 4.39 Å². The Balaban J connectivity index is 1.74. The average molecular weight is 327 g/mol. The maximum Gasteiger partial charge on any atom is 0.127 e. The number of hydrogen-bond donors (Lipinski definition) is 0. The van der Waals surface area contributed by atoms with Crippen LogP contribution in [-0.2, 0) is 13.1 Å². The summed E-state index contributed by atoms with van der Waals surface area (Å²) in [7, 11) is 0. The summed E-state index contributed by atoms with van der Waals surface area (Å²) in [5, 5.41) is 0. The molecule has 1 aromatic carbocycles. The zero-order valence-electron chi connectivity index (χ0n) is 14.4. The molecule has 128 valence electrons. The van der Waals surface area contributed by atoms with Crippen LogP contribution in [0.5, 0.6) is 0 Å². The molecule has 0 spiro atoms. The third-order valence-corrected chi connectivity index (χ3v) is 4.85. The molecule has 3 nitrogen and oxygen atoms in total. The van der Waals surface area contributed by atoms with E-state index in [9.17, 15) is 4.39 Å². The third-order valence-electron chi connectivity index (χ3n) is 4.85. The van der Waals surface area contributed by atoms with Crippen LogP contribution in [0.25, 0.3) is 0 Å². The number of aromatic nitrogens is 1. The molecule has 2 aromatic rings. The van der Waals surface area contributed by atoms with Gasteiger partial charge in [0.25, 0.3) is 0 Å². The number of rotatable bonds is 7. The number of benzene rings is 1. The molecule has 4 heteroatoms. The smallest absolute Gasteiger partial charge is 0.127 e. The van der Waals surface area contributed by atoms with Crippen molar-refractivity contribution in [3.05, 3.63) is 65.7 Å². The van der Waals surface area contributed by atoms with Gasteiger partial charge in [0, 0.05) is 43.6 Å². The van der Waals surface area contributed by atoms with Crippen LogP contribution in [0.15, 0.2) is 48.8 Å². The Morgan fingerprint density at radius 2 is 2.08 bits per heavy atom. The summed E-state index contributed by atoms with van der Waals surface area (Å²) in [6, 6.07) is 11.7. The quantitative estimate of drug-likeness (QED) is 0.773. The molecular weight excluding hydrogens is 301 g/mol. The highest BCUT2D eigenvalue weighted by molar-refractivity contribution is 5.17. The summed E-state index contributed by atoms with van der Waals surface area (Å²) in [6.45, 7) is 6.90. The van der Waals surface area contributed by atoms with Crippen molar-refractivity contribution in [2.24, 2.45) is 0 Å². The number of likely N-dealkylation sites (tertiary alicyclic amines) is 1. The van der Waals surface area contributed by atoms with Crippen LogP contribution in [0.1, 0.15) is 30.9 Å². The Bertz CT molecular complexity index is 632. The minimum atomic E-state index is -0.118. The monoisotopic (exact) mass is 327 g/mol. The lowest BCUT2D eigenvalue weighted by Gasteiger charge is -2.30. The summed E-state index contributed by atoms with van der Waals surface area (Å²) >= 11 is 0. The first-order chi connectivity index (χ1) is 11.8. The molecule has 0 unspecified atom stereocenters. The second-order valence-corrected chi connectivity index (χ2v) is 6.55. The zero-order valence-corrected chi connectivity index (χ0v) is 14.4. The fraction of sp³-hybridized carbons (Fsp3) is 0.450. The zero-order chi connectivity index (χ0) is 16.8. The predicted molar refractivity (Wildman–Crippen MR) is 95.0 cm³/mol. The van der Waals surface area contributed by atoms with E-state index in [2.05, 4.69) is 27.8 Å². The topological polar surface area (TPSA) is 19.4 Å². The molecule has 0 aliphatic carbocycles. The van der Waals surface area contributed by atoms with E-state index < -0.39 is 0 Å². The molecule has 3 rings (SSSR count). The van der Waals surface area contributed by atoms with Gasteiger partial charge in [-0.25, -0.2) is 4.39 Å². The van der Waals surface area contributed by atoms with Crippen LogP contribution in [0, 0.1) is 5.82 Å². The fourth-order valence-electron chi connectivity index (χ4n) is 3.62. The Labute approximate surface area is 144 Å². The van der Waals surface area contributed by atoms with Crippen LogP contribution < -0.4 is 0 Å². The van der Waals surface area contributed by atoms with Gasteiger partial charge < -0.3 is 0 Å². The van der Waals surface area contributed by atoms with Crippen LogP contribution in [-0.4, -0.2) is 40.5 Å². The van der Waals surface area contributed by atoms with E-state index in [-0.39, 0.29) is 5.82 Å². The van der Waals surface area contributed by atoms with Crippen molar-refractivity contribution in [1.82, 2.24) is 14.8 Å². The van der Waals surface area contributed by atoms with Gasteiger partial charge in [0.15, 0.2) is 0 Å². The minimum absolute atomic E-state index is 0.118. The Hall–Kier alpha value is -1.78. The lowest BCUT2D eigenvalue weighted by Crippen LogP contribution is -2.39. The Morgan fingerprint density at radius 1 is 1.21 bits per heavy atom. The summed E-state index contributed by atoms with van der Waals surface area (Å²) in [6.07, 6.45) is 6.19. The molecule has 0 bridgehead atoms. The normalized spacial score (nSPS) is 18.4. The van der Waals surface area contributed by atoms with Crippen molar-refractivity contribution in [1.29, 1.82) is 0 Å². The van der Waals surface area contributed by atoms with Crippen molar-refractivity contribution in [3.63, 3.8) is 0 Å². The maximum absolute atomic E-state index is 14.1. The van der Waals surface area contributed by atoms with Crippen LogP contribution in [0.3, 0.4) is 0 Å². The molecule has 0 N–H and O–H groups in total. The number of pyridine rings is 1. The summed E-state index contributed by atoms with van der Waals surface area (Å²) < 4.78 is 14.1. The highest BCUT2D eigenvalue weighted by Crippen LogP contribution is 2.20. The second-order valence-electron chi connectivity index (χ2n) is 6.55. The molecule has 0 radical (unpaired) electrons. The van der Waals surface area contributed by atoms with Crippen molar-refractivity contribution >= 4 is 0 Å². The lowest BCUT2D eigenvalue weighted by molar-refractivity contribution is 0.164. The van der Waals surface area contributed by atoms with E-state index in [4.69, 9.17) is 0 Å². The summed E-state index contributed by atoms with van der Waals surface area (Å²) in [5.74, 6) is -0.118. The Kier molecular flexibility index (Phi) is 5.94. The Morgan fingerprint density at radius 3 is 2.83 bits per heavy atom. The number of halogens is 1. The molecule has 24 heavy (non-hydrogen) atoms. The molecule has 1 saturated heterocycles. The van der Waals surface area contributed by atoms with Crippen molar-refractivity contribution in [2.75, 3.05) is 19.6 Å². The molecular formula is C20H26FN3. The minimum Gasteiger partial charge on any atom is -0.299 e. The van der Waals surface area contributed by atoms with Crippen LogP contribution in [0.4, 0.5) is 4.39 Å². The van der Waals surface area contributed by atoms with Crippen LogP contribution in [0.2, 0.25) is 0 Å². The van der Waals surface area contributed by atoms with Gasteiger partial charge in [-0.1, -0.05) is 31.2 Å². The molecule has 1 atom stereocenters. The first-order valence-electron chi connectivity index (χ1n) is 8.85. The predicted octanol–water partition coefficient (Wildman–Crippen LogP) is 3.71. The highest BCUT2D eigenvalue weighted by atomic mass is 19.1. The van der Waals surface area contributed by atoms with Gasteiger partial charge in [0.05, 0.1) is 0 Å². The van der Waals surface area contributed by atoms with Gasteiger partial charge >= 0.3 is 0 Å². The standard InChI is InChI=1S/C20H26FN3/c1-2-24-12-6-9-19(24)16-23(14-17-7-5-11-22-13-17)15-18-8-3-4-10-20(18)21/h3-5,7-8,10-11,13,19H,2,6,9,12,14-16H2,1H3/t19-/m1/s1. The van der Waals surface area contributed by atoms with Crippen LogP contribution >= 0.6 is 0 Å². The number of hydrogen-bond acceptors (Lipinski definition) is 3. The van der Waals surface area contributed by atoms with Crippen molar-refractivity contribution in [3.8, 4) is 0 Å². The van der Waals surface area contributed by atoms with Gasteiger partial charge in [0.2, 0.25) is 0 Å². The molecule has 1 aliphatic rings. The first-order valence-corrected chi connectivity index (χ1v) is 8.85. The van der Waals surface area contributed by atoms with E-state index in [0.29, 0.717) is 12.6 Å². The fourth-order valence-corrected chi connectivity index (χ4v) is 3.62. The molecule has 0 amide bonds. The summed E-state index contributed by atoms with van der Waals surface area (Å²) in [5.41, 5.74) is 1.94. The average Bonchev–Trinajstić information content (AvgIpc) is 3.05. The van der Waals surface area contributed by atoms with Gasteiger partial charge in [-0.15, -0.1) is 0 Å². The molecule has 1 aliphatic heterocycles. The lowest BCUT2D eigenvalue weighted by atomic mass is 10.1. The van der Waals surface area contributed by atoms with Gasteiger partial charge in [-0.05, 0) is 43.6 Å². The maximum atomic E-state index is 14.1. The van der Waals surface area contributed by atoms with E-state index in [1.165, 1.54) is 24.9 Å². The first kappa shape index (κ1) is 17.1. The highest BCUT2D eigenvalue weighted by Gasteiger charge is 2.25. The third kappa shape index (κ3) is 4.40. The van der Waals surface area contributed by atoms with E-state index in [1.54, 1.807) is 18.3 Å². The van der Waals surface area contributed by atoms with E-state index >= 15 is 0 Å². The second kappa shape index (κ2) is 8.36.